The van der Waals surface area contributed by atoms with Gasteiger partial charge in [0.1, 0.15) is 5.78 Å². The fourth-order valence-corrected chi connectivity index (χ4v) is 1.24. The van der Waals surface area contributed by atoms with Crippen molar-refractivity contribution >= 4 is 5.78 Å². The monoisotopic (exact) mass is 194 g/mol. The zero-order valence-corrected chi connectivity index (χ0v) is 9.21. The summed E-state index contributed by atoms with van der Waals surface area (Å²) in [6.07, 6.45) is 3.40. The summed E-state index contributed by atoms with van der Waals surface area (Å²) in [5.74, 6) is 0.430. The molecule has 3 heteroatoms. The van der Waals surface area contributed by atoms with Crippen molar-refractivity contribution in [2.24, 2.45) is 5.92 Å². The van der Waals surface area contributed by atoms with Crippen LogP contribution in [-0.4, -0.2) is 24.3 Å². The van der Waals surface area contributed by atoms with E-state index in [2.05, 4.69) is 6.58 Å². The van der Waals surface area contributed by atoms with E-state index < -0.39 is 0 Å². The smallest absolute Gasteiger partial charge is 0.179 e. The van der Waals surface area contributed by atoms with Gasteiger partial charge < -0.3 is 9.69 Å². The summed E-state index contributed by atoms with van der Waals surface area (Å²) in [7, 11) is 1.74. The number of carbonyl (C=O) groups excluding carboxylic acids is 1. The van der Waals surface area contributed by atoms with Gasteiger partial charge in [-0.15, -0.1) is 0 Å². The average molecular weight is 194 g/mol. The van der Waals surface area contributed by atoms with Gasteiger partial charge in [0.2, 0.25) is 0 Å². The Morgan fingerprint density at radius 2 is 2.14 bits per heavy atom. The largest absolute Gasteiger partial charge is 0.313 e. The highest BCUT2D eigenvalue weighted by molar-refractivity contribution is 5.75. The lowest BCUT2D eigenvalue weighted by molar-refractivity contribution is -0.117. The highest BCUT2D eigenvalue weighted by Gasteiger charge is 2.12. The van der Waals surface area contributed by atoms with Crippen LogP contribution in [0.3, 0.4) is 0 Å². The molecule has 0 heterocycles. The van der Waals surface area contributed by atoms with Crippen molar-refractivity contribution in [1.29, 1.82) is 5.26 Å². The SMILES string of the molecule is C=C(C)[C@H](CCC(C)=O)CN(C)C#N. The number of hydrogen-bond acceptors (Lipinski definition) is 3. The molecule has 0 saturated heterocycles. The number of carbonyl (C=O) groups is 1. The van der Waals surface area contributed by atoms with Crippen molar-refractivity contribution in [3.05, 3.63) is 12.2 Å². The third-order valence-electron chi connectivity index (χ3n) is 2.21. The van der Waals surface area contributed by atoms with Crippen LogP contribution in [-0.2, 0) is 4.79 Å². The Bertz CT molecular complexity index is 253. The molecule has 0 radical (unpaired) electrons. The van der Waals surface area contributed by atoms with Gasteiger partial charge in [-0.1, -0.05) is 12.2 Å². The van der Waals surface area contributed by atoms with E-state index in [4.69, 9.17) is 5.26 Å². The molecule has 0 aliphatic rings. The Balaban J connectivity index is 4.11. The van der Waals surface area contributed by atoms with E-state index in [-0.39, 0.29) is 11.7 Å². The van der Waals surface area contributed by atoms with E-state index in [0.717, 1.165) is 12.0 Å². The van der Waals surface area contributed by atoms with E-state index in [1.807, 2.05) is 13.1 Å². The number of ketones is 1. The Morgan fingerprint density at radius 1 is 1.57 bits per heavy atom. The van der Waals surface area contributed by atoms with Gasteiger partial charge in [0, 0.05) is 20.0 Å². The number of rotatable bonds is 6. The first-order valence-electron chi connectivity index (χ1n) is 4.73. The summed E-state index contributed by atoms with van der Waals surface area (Å²) in [6, 6.07) is 0. The van der Waals surface area contributed by atoms with Crippen LogP contribution in [0.15, 0.2) is 12.2 Å². The molecule has 0 aromatic carbocycles. The minimum absolute atomic E-state index is 0.191. The highest BCUT2D eigenvalue weighted by Crippen LogP contribution is 2.16. The third kappa shape index (κ3) is 5.36. The predicted molar refractivity (Wildman–Crippen MR) is 56.5 cm³/mol. The first kappa shape index (κ1) is 12.7. The Morgan fingerprint density at radius 3 is 2.50 bits per heavy atom. The maximum atomic E-state index is 10.8. The van der Waals surface area contributed by atoms with Crippen molar-refractivity contribution in [2.75, 3.05) is 13.6 Å². The van der Waals surface area contributed by atoms with Crippen LogP contribution < -0.4 is 0 Å². The number of Topliss-reactive ketones (excluding diaryl/α,β-unsaturated/α-hetero) is 1. The zero-order chi connectivity index (χ0) is 11.1. The van der Waals surface area contributed by atoms with Gasteiger partial charge in [0.25, 0.3) is 0 Å². The van der Waals surface area contributed by atoms with Crippen molar-refractivity contribution in [3.8, 4) is 6.19 Å². The van der Waals surface area contributed by atoms with E-state index in [9.17, 15) is 4.79 Å². The van der Waals surface area contributed by atoms with E-state index in [1.165, 1.54) is 0 Å². The summed E-state index contributed by atoms with van der Waals surface area (Å²) >= 11 is 0. The first-order chi connectivity index (χ1) is 6.47. The lowest BCUT2D eigenvalue weighted by Crippen LogP contribution is -2.22. The van der Waals surface area contributed by atoms with Gasteiger partial charge in [-0.05, 0) is 26.2 Å². The number of nitriles is 1. The van der Waals surface area contributed by atoms with Gasteiger partial charge in [-0.3, -0.25) is 0 Å². The van der Waals surface area contributed by atoms with Crippen LogP contribution in [0, 0.1) is 17.4 Å². The molecule has 0 aromatic heterocycles. The topological polar surface area (TPSA) is 44.1 Å². The van der Waals surface area contributed by atoms with Crippen molar-refractivity contribution < 1.29 is 4.79 Å². The minimum atomic E-state index is 0.191. The van der Waals surface area contributed by atoms with Crippen molar-refractivity contribution in [2.45, 2.75) is 26.7 Å². The molecule has 0 fully saturated rings. The van der Waals surface area contributed by atoms with Gasteiger partial charge in [-0.2, -0.15) is 5.26 Å². The summed E-state index contributed by atoms with van der Waals surface area (Å²) in [5, 5.41) is 8.62. The predicted octanol–water partition coefficient (Wildman–Crippen LogP) is 1.96. The molecule has 0 spiro atoms. The molecule has 0 rings (SSSR count). The summed E-state index contributed by atoms with van der Waals surface area (Å²) in [6.45, 7) is 8.05. The van der Waals surface area contributed by atoms with Crippen LogP contribution in [0.4, 0.5) is 0 Å². The van der Waals surface area contributed by atoms with Crippen LogP contribution in [0.2, 0.25) is 0 Å². The molecule has 0 bridgehead atoms. The number of nitrogens with zero attached hydrogens (tertiary/aromatic N) is 2. The van der Waals surface area contributed by atoms with Crippen LogP contribution >= 0.6 is 0 Å². The molecule has 3 nitrogen and oxygen atoms in total. The molecule has 14 heavy (non-hydrogen) atoms. The molecular formula is C11H18N2O. The molecule has 0 saturated carbocycles. The molecular weight excluding hydrogens is 176 g/mol. The maximum Gasteiger partial charge on any atom is 0.179 e. The van der Waals surface area contributed by atoms with Gasteiger partial charge in [0.15, 0.2) is 6.19 Å². The summed E-state index contributed by atoms with van der Waals surface area (Å²) in [5.41, 5.74) is 1.04. The summed E-state index contributed by atoms with van der Waals surface area (Å²) < 4.78 is 0. The fraction of sp³-hybridized carbons (Fsp3) is 0.636. The van der Waals surface area contributed by atoms with Gasteiger partial charge in [-0.25, -0.2) is 0 Å². The average Bonchev–Trinajstić information content (AvgIpc) is 2.10. The van der Waals surface area contributed by atoms with Crippen LogP contribution in [0.5, 0.6) is 0 Å². The minimum Gasteiger partial charge on any atom is -0.313 e. The second-order valence-electron chi connectivity index (χ2n) is 3.76. The molecule has 0 aliphatic heterocycles. The first-order valence-corrected chi connectivity index (χ1v) is 4.73. The van der Waals surface area contributed by atoms with E-state index in [1.54, 1.807) is 18.9 Å². The molecule has 0 unspecified atom stereocenters. The second kappa shape index (κ2) is 6.20. The quantitative estimate of drug-likeness (QED) is 0.369. The standard InChI is InChI=1S/C11H18N2O/c1-9(2)11(6-5-10(3)14)7-13(4)8-12/h11H,1,5-7H2,2-4H3/t11-/m1/s1. The van der Waals surface area contributed by atoms with Crippen LogP contribution in [0.25, 0.3) is 0 Å². The molecule has 0 aliphatic carbocycles. The third-order valence-corrected chi connectivity index (χ3v) is 2.21. The van der Waals surface area contributed by atoms with E-state index in [0.29, 0.717) is 13.0 Å². The van der Waals surface area contributed by atoms with Gasteiger partial charge >= 0.3 is 0 Å². The van der Waals surface area contributed by atoms with Crippen molar-refractivity contribution in [3.63, 3.8) is 0 Å². The Kier molecular flexibility index (Phi) is 5.62. The lowest BCUT2D eigenvalue weighted by atomic mass is 9.95. The molecule has 0 amide bonds. The molecule has 78 valence electrons. The second-order valence-corrected chi connectivity index (χ2v) is 3.76. The fourth-order valence-electron chi connectivity index (χ4n) is 1.24. The number of hydrogen-bond donors (Lipinski definition) is 0. The normalized spacial score (nSPS) is 11.6. The van der Waals surface area contributed by atoms with Gasteiger partial charge in [0.05, 0.1) is 0 Å². The lowest BCUT2D eigenvalue weighted by Gasteiger charge is -2.19. The van der Waals surface area contributed by atoms with E-state index >= 15 is 0 Å². The van der Waals surface area contributed by atoms with Crippen molar-refractivity contribution in [1.82, 2.24) is 4.90 Å². The summed E-state index contributed by atoms with van der Waals surface area (Å²) in [4.78, 5) is 12.4. The molecule has 0 aromatic rings. The zero-order valence-electron chi connectivity index (χ0n) is 9.21. The molecule has 1 atom stereocenters. The van der Waals surface area contributed by atoms with Crippen LogP contribution in [0.1, 0.15) is 26.7 Å². The highest BCUT2D eigenvalue weighted by atomic mass is 16.1. The maximum absolute atomic E-state index is 10.8. The Labute approximate surface area is 86.0 Å². The molecule has 0 N–H and O–H groups in total. The Hall–Kier alpha value is -1.30.